The summed E-state index contributed by atoms with van der Waals surface area (Å²) in [6.45, 7) is 26.6. The largest absolute Gasteiger partial charge is 0.348 e. The monoisotopic (exact) mass is 1210 g/mol. The van der Waals surface area contributed by atoms with Gasteiger partial charge in [0.15, 0.2) is 0 Å². The fourth-order valence-electron chi connectivity index (χ4n) is 13.2. The zero-order valence-corrected chi connectivity index (χ0v) is 60.7. The molecule has 0 aliphatic heterocycles. The van der Waals surface area contributed by atoms with Gasteiger partial charge in [0.1, 0.15) is 0 Å². The molecule has 0 aromatic carbocycles. The van der Waals surface area contributed by atoms with Gasteiger partial charge >= 0.3 is 11.8 Å². The van der Waals surface area contributed by atoms with Crippen molar-refractivity contribution in [3.05, 3.63) is 0 Å². The number of nitrogens with zero attached hydrogens (tertiary/aromatic N) is 2. The molecule has 86 heavy (non-hydrogen) atoms. The molecule has 0 saturated heterocycles. The van der Waals surface area contributed by atoms with Crippen molar-refractivity contribution in [2.75, 3.05) is 52.4 Å². The maximum Gasteiger partial charge on any atom is 0.309 e. The van der Waals surface area contributed by atoms with Crippen molar-refractivity contribution in [1.29, 1.82) is 0 Å². The Morgan fingerprint density at radius 1 is 0.198 bits per heavy atom. The topological polar surface area (TPSA) is 64.7 Å². The molecule has 6 nitrogen and oxygen atoms in total. The van der Waals surface area contributed by atoms with Crippen LogP contribution in [0, 0.1) is 23.7 Å². The number of hydrogen-bond donors (Lipinski definition) is 2. The van der Waals surface area contributed by atoms with E-state index in [9.17, 15) is 9.59 Å². The molecule has 0 aromatic rings. The molecule has 0 heterocycles. The summed E-state index contributed by atoms with van der Waals surface area (Å²) in [5, 5.41) is 5.98. The lowest BCUT2D eigenvalue weighted by molar-refractivity contribution is -0.139. The second-order valence-electron chi connectivity index (χ2n) is 30.0. The van der Waals surface area contributed by atoms with Crippen molar-refractivity contribution in [3.63, 3.8) is 0 Å². The van der Waals surface area contributed by atoms with Crippen LogP contribution in [0.2, 0.25) is 0 Å². The number of nitrogens with one attached hydrogen (secondary N) is 2. The molecular weight excluding hydrogens is 1050 g/mol. The normalized spacial score (nSPS) is 12.0. The van der Waals surface area contributed by atoms with Gasteiger partial charge in [-0.15, -0.1) is 0 Å². The standard InChI is InChI=1S/C80H162N4O2/c1-75(2)63-53-45-37-29-21-13-9-17-25-33-41-49-57-69-83(70-58-50-42-34-26-18-10-14-22-30-38-46-54-64-76(3)4)73-61-67-81-79(85)80(86)82-68-62-74-84(71-59-51-43-35-27-19-11-15-23-31-39-47-55-65-77(5)6)72-60-52-44-36-28-20-12-16-24-32-40-48-56-66-78(7)8/h75-78H,9-74H2,1-8H3,(H,81,85)(H,82,86). The summed E-state index contributed by atoms with van der Waals surface area (Å²) in [5.74, 6) is 2.53. The van der Waals surface area contributed by atoms with Gasteiger partial charge in [-0.1, -0.05) is 389 Å². The Bertz CT molecular complexity index is 1140. The van der Waals surface area contributed by atoms with Crippen molar-refractivity contribution in [1.82, 2.24) is 20.4 Å². The first-order chi connectivity index (χ1) is 42.0. The molecule has 6 heteroatoms. The molecular formula is C80H162N4O2. The zero-order chi connectivity index (χ0) is 62.7. The summed E-state index contributed by atoms with van der Waals surface area (Å²) in [4.78, 5) is 31.3. The lowest BCUT2D eigenvalue weighted by atomic mass is 10.0. The Morgan fingerprint density at radius 3 is 0.477 bits per heavy atom. The van der Waals surface area contributed by atoms with Crippen molar-refractivity contribution < 1.29 is 9.59 Å². The molecule has 0 bridgehead atoms. The minimum absolute atomic E-state index is 0.456. The molecule has 0 atom stereocenters. The van der Waals surface area contributed by atoms with Crippen LogP contribution in [0.5, 0.6) is 0 Å². The van der Waals surface area contributed by atoms with Gasteiger partial charge in [-0.2, -0.15) is 0 Å². The van der Waals surface area contributed by atoms with Gasteiger partial charge in [0.2, 0.25) is 0 Å². The molecule has 0 radical (unpaired) electrons. The second kappa shape index (κ2) is 69.7. The maximum absolute atomic E-state index is 13.0. The van der Waals surface area contributed by atoms with Crippen LogP contribution >= 0.6 is 0 Å². The van der Waals surface area contributed by atoms with E-state index >= 15 is 0 Å². The first kappa shape index (κ1) is 84.9. The van der Waals surface area contributed by atoms with Gasteiger partial charge in [-0.05, 0) is 101 Å². The molecule has 0 aliphatic carbocycles. The van der Waals surface area contributed by atoms with E-state index in [2.05, 4.69) is 75.8 Å². The van der Waals surface area contributed by atoms with Crippen LogP contribution in [0.3, 0.4) is 0 Å². The Kier molecular flexibility index (Phi) is 68.8. The smallest absolute Gasteiger partial charge is 0.309 e. The number of unbranched alkanes of at least 4 members (excludes halogenated alkanes) is 48. The van der Waals surface area contributed by atoms with E-state index in [0.717, 1.165) is 49.6 Å². The highest BCUT2D eigenvalue weighted by Crippen LogP contribution is 2.20. The maximum atomic E-state index is 13.0. The van der Waals surface area contributed by atoms with Gasteiger partial charge in [0.05, 0.1) is 0 Å². The highest BCUT2D eigenvalue weighted by Gasteiger charge is 2.14. The summed E-state index contributed by atoms with van der Waals surface area (Å²) >= 11 is 0. The highest BCUT2D eigenvalue weighted by atomic mass is 16.2. The molecule has 0 saturated carbocycles. The third-order valence-corrected chi connectivity index (χ3v) is 19.1. The molecule has 0 rings (SSSR count). The summed E-state index contributed by atoms with van der Waals surface area (Å²) in [6.07, 6.45) is 80.2. The third-order valence-electron chi connectivity index (χ3n) is 19.1. The van der Waals surface area contributed by atoms with Crippen LogP contribution in [0.4, 0.5) is 0 Å². The molecule has 0 fully saturated rings. The van der Waals surface area contributed by atoms with E-state index in [1.54, 1.807) is 0 Å². The molecule has 2 amide bonds. The van der Waals surface area contributed by atoms with Crippen molar-refractivity contribution in [3.8, 4) is 0 Å². The lowest BCUT2D eigenvalue weighted by Crippen LogP contribution is -2.42. The summed E-state index contributed by atoms with van der Waals surface area (Å²) in [5.41, 5.74) is 0. The number of rotatable bonds is 72. The third kappa shape index (κ3) is 70.3. The quantitative estimate of drug-likeness (QED) is 0.0471. The van der Waals surface area contributed by atoms with Crippen LogP contribution in [0.25, 0.3) is 0 Å². The highest BCUT2D eigenvalue weighted by molar-refractivity contribution is 6.35. The fourth-order valence-corrected chi connectivity index (χ4v) is 13.2. The van der Waals surface area contributed by atoms with E-state index in [0.29, 0.717) is 13.1 Å². The van der Waals surface area contributed by atoms with E-state index in [1.165, 1.54) is 386 Å². The Labute approximate surface area is 543 Å². The van der Waals surface area contributed by atoms with E-state index in [4.69, 9.17) is 0 Å². The van der Waals surface area contributed by atoms with Crippen molar-refractivity contribution in [2.45, 2.75) is 428 Å². The van der Waals surface area contributed by atoms with Gasteiger partial charge < -0.3 is 20.4 Å². The Balaban J connectivity index is 4.73. The lowest BCUT2D eigenvalue weighted by Gasteiger charge is -2.23. The summed E-state index contributed by atoms with van der Waals surface area (Å²) in [6, 6.07) is 0. The van der Waals surface area contributed by atoms with Gasteiger partial charge in [0, 0.05) is 13.1 Å². The Hall–Kier alpha value is -1.14. The van der Waals surface area contributed by atoms with Gasteiger partial charge in [0.25, 0.3) is 0 Å². The first-order valence-corrected chi connectivity index (χ1v) is 40.0. The number of carbonyl (C=O) groups is 2. The second-order valence-corrected chi connectivity index (χ2v) is 30.0. The predicted octanol–water partition coefficient (Wildman–Crippen LogP) is 25.1. The SMILES string of the molecule is CC(C)CCCCCCCCCCCCCCCN(CCCCCCCCCCCCCCCC(C)C)CCCNC(=O)C(=O)NCCCN(CCCCCCCCCCCCCCCC(C)C)CCCCCCCCCCCCCCCC(C)C. The predicted molar refractivity (Wildman–Crippen MR) is 386 cm³/mol. The van der Waals surface area contributed by atoms with Gasteiger partial charge in [-0.25, -0.2) is 0 Å². The molecule has 0 aliphatic rings. The zero-order valence-electron chi connectivity index (χ0n) is 60.7. The summed E-state index contributed by atoms with van der Waals surface area (Å²) < 4.78 is 0. The first-order valence-electron chi connectivity index (χ1n) is 40.0. The number of hydrogen-bond acceptors (Lipinski definition) is 4. The molecule has 0 unspecified atom stereocenters. The van der Waals surface area contributed by atoms with Crippen LogP contribution < -0.4 is 10.6 Å². The number of amides is 2. The van der Waals surface area contributed by atoms with Crippen LogP contribution in [0.1, 0.15) is 428 Å². The minimum atomic E-state index is -0.456. The molecule has 514 valence electrons. The molecule has 0 aromatic heterocycles. The van der Waals surface area contributed by atoms with E-state index in [1.807, 2.05) is 0 Å². The number of carbonyl (C=O) groups excluding carboxylic acids is 2. The van der Waals surface area contributed by atoms with Gasteiger partial charge in [-0.3, -0.25) is 9.59 Å². The summed E-state index contributed by atoms with van der Waals surface area (Å²) in [7, 11) is 0. The van der Waals surface area contributed by atoms with Crippen LogP contribution in [-0.4, -0.2) is 74.0 Å². The van der Waals surface area contributed by atoms with E-state index < -0.39 is 11.8 Å². The molecule has 2 N–H and O–H groups in total. The minimum Gasteiger partial charge on any atom is -0.348 e. The van der Waals surface area contributed by atoms with Crippen LogP contribution in [0.15, 0.2) is 0 Å². The van der Waals surface area contributed by atoms with Crippen molar-refractivity contribution >= 4 is 11.8 Å². The molecule has 0 spiro atoms. The Morgan fingerprint density at radius 2 is 0.326 bits per heavy atom. The fraction of sp³-hybridized carbons (Fsp3) is 0.975. The van der Waals surface area contributed by atoms with E-state index in [-0.39, 0.29) is 0 Å². The average Bonchev–Trinajstić information content (AvgIpc) is 3.51. The van der Waals surface area contributed by atoms with Crippen LogP contribution in [-0.2, 0) is 9.59 Å². The van der Waals surface area contributed by atoms with Crippen molar-refractivity contribution in [2.24, 2.45) is 23.7 Å². The average molecular weight is 1210 g/mol.